The first-order valence-corrected chi connectivity index (χ1v) is 10.5. The standard InChI is InChI=1S/C22H34O3S/c1-9-24-21(23)20(25-22(6,7)8)19-16(5)26-15(4)18(19)17-13(2)11-10-12-14(17)3/h13,20H,9-12H2,1-8H3. The van der Waals surface area contributed by atoms with Crippen LogP contribution in [0.1, 0.15) is 87.8 Å². The Morgan fingerprint density at radius 1 is 1.23 bits per heavy atom. The zero-order chi connectivity index (χ0) is 19.6. The molecule has 0 aliphatic heterocycles. The van der Waals surface area contributed by atoms with E-state index in [0.29, 0.717) is 12.5 Å². The quantitative estimate of drug-likeness (QED) is 0.558. The normalized spacial score (nSPS) is 19.6. The molecular weight excluding hydrogens is 344 g/mol. The Labute approximate surface area is 162 Å². The van der Waals surface area contributed by atoms with Gasteiger partial charge in [0.15, 0.2) is 6.10 Å². The Balaban J connectivity index is 2.64. The third-order valence-corrected chi connectivity index (χ3v) is 5.99. The van der Waals surface area contributed by atoms with Crippen molar-refractivity contribution in [1.82, 2.24) is 0 Å². The second-order valence-electron chi connectivity index (χ2n) is 8.35. The highest BCUT2D eigenvalue weighted by molar-refractivity contribution is 7.12. The monoisotopic (exact) mass is 378 g/mol. The van der Waals surface area contributed by atoms with Crippen LogP contribution in [0, 0.1) is 19.8 Å². The molecule has 1 aliphatic rings. The van der Waals surface area contributed by atoms with Crippen LogP contribution in [-0.2, 0) is 14.3 Å². The maximum atomic E-state index is 12.8. The van der Waals surface area contributed by atoms with E-state index in [-0.39, 0.29) is 5.97 Å². The van der Waals surface area contributed by atoms with Crippen LogP contribution in [0.5, 0.6) is 0 Å². The smallest absolute Gasteiger partial charge is 0.340 e. The molecule has 0 amide bonds. The number of esters is 1. The molecule has 0 N–H and O–H groups in total. The van der Waals surface area contributed by atoms with E-state index in [1.807, 2.05) is 27.7 Å². The van der Waals surface area contributed by atoms with Gasteiger partial charge in [0.25, 0.3) is 0 Å². The molecule has 2 unspecified atom stereocenters. The predicted molar refractivity (Wildman–Crippen MR) is 110 cm³/mol. The molecule has 1 aliphatic carbocycles. The molecule has 3 nitrogen and oxygen atoms in total. The van der Waals surface area contributed by atoms with Gasteiger partial charge in [-0.05, 0) is 84.8 Å². The van der Waals surface area contributed by atoms with Gasteiger partial charge in [0.05, 0.1) is 12.2 Å². The summed E-state index contributed by atoms with van der Waals surface area (Å²) in [4.78, 5) is 15.2. The molecule has 0 aromatic carbocycles. The maximum Gasteiger partial charge on any atom is 0.340 e. The fraction of sp³-hybridized carbons (Fsp3) is 0.682. The first-order chi connectivity index (χ1) is 12.1. The van der Waals surface area contributed by atoms with Gasteiger partial charge in [-0.2, -0.15) is 0 Å². The predicted octanol–water partition coefficient (Wildman–Crippen LogP) is 6.38. The zero-order valence-electron chi connectivity index (χ0n) is 17.6. The Kier molecular flexibility index (Phi) is 6.73. The fourth-order valence-electron chi connectivity index (χ4n) is 3.98. The number of hydrogen-bond acceptors (Lipinski definition) is 4. The van der Waals surface area contributed by atoms with Gasteiger partial charge in [0.1, 0.15) is 0 Å². The largest absolute Gasteiger partial charge is 0.464 e. The van der Waals surface area contributed by atoms with E-state index in [1.54, 1.807) is 11.3 Å². The summed E-state index contributed by atoms with van der Waals surface area (Å²) < 4.78 is 11.6. The molecule has 0 radical (unpaired) electrons. The van der Waals surface area contributed by atoms with Crippen molar-refractivity contribution in [3.8, 4) is 0 Å². The summed E-state index contributed by atoms with van der Waals surface area (Å²) in [5.74, 6) is 0.221. The van der Waals surface area contributed by atoms with Gasteiger partial charge in [-0.15, -0.1) is 11.3 Å². The summed E-state index contributed by atoms with van der Waals surface area (Å²) in [6.07, 6.45) is 2.90. The van der Waals surface area contributed by atoms with Crippen molar-refractivity contribution < 1.29 is 14.3 Å². The van der Waals surface area contributed by atoms with Crippen LogP contribution in [0.15, 0.2) is 5.57 Å². The van der Waals surface area contributed by atoms with E-state index in [2.05, 4.69) is 27.7 Å². The summed E-state index contributed by atoms with van der Waals surface area (Å²) in [5.41, 5.74) is 4.69. The first-order valence-electron chi connectivity index (χ1n) is 9.71. The fourth-order valence-corrected chi connectivity index (χ4v) is 5.08. The summed E-state index contributed by atoms with van der Waals surface area (Å²) in [5, 5.41) is 0. The minimum atomic E-state index is -0.677. The first kappa shape index (κ1) is 21.2. The van der Waals surface area contributed by atoms with Crippen LogP contribution >= 0.6 is 11.3 Å². The lowest BCUT2D eigenvalue weighted by Gasteiger charge is -2.30. The molecular formula is C22H34O3S. The minimum absolute atomic E-state index is 0.286. The highest BCUT2D eigenvalue weighted by atomic mass is 32.1. The van der Waals surface area contributed by atoms with Crippen molar-refractivity contribution in [3.63, 3.8) is 0 Å². The van der Waals surface area contributed by atoms with Gasteiger partial charge < -0.3 is 9.47 Å². The molecule has 2 atom stereocenters. The number of carbonyl (C=O) groups excluding carboxylic acids is 1. The summed E-state index contributed by atoms with van der Waals surface area (Å²) in [6, 6.07) is 0. The van der Waals surface area contributed by atoms with Crippen LogP contribution in [0.2, 0.25) is 0 Å². The Bertz CT molecular complexity index is 691. The Morgan fingerprint density at radius 2 is 1.88 bits per heavy atom. The van der Waals surface area contributed by atoms with Gasteiger partial charge in [0, 0.05) is 15.3 Å². The lowest BCUT2D eigenvalue weighted by molar-refractivity contribution is -0.166. The van der Waals surface area contributed by atoms with E-state index < -0.39 is 11.7 Å². The number of ether oxygens (including phenoxy) is 2. The van der Waals surface area contributed by atoms with Crippen LogP contribution in [0.25, 0.3) is 5.57 Å². The second-order valence-corrected chi connectivity index (χ2v) is 9.78. The highest BCUT2D eigenvalue weighted by Crippen LogP contribution is 2.46. The lowest BCUT2D eigenvalue weighted by Crippen LogP contribution is -2.29. The van der Waals surface area contributed by atoms with Gasteiger partial charge in [-0.25, -0.2) is 4.79 Å². The molecule has 0 saturated heterocycles. The zero-order valence-corrected chi connectivity index (χ0v) is 18.4. The molecule has 26 heavy (non-hydrogen) atoms. The molecule has 1 heterocycles. The number of thiophene rings is 1. The average molecular weight is 379 g/mol. The molecule has 1 aromatic rings. The van der Waals surface area contributed by atoms with Crippen LogP contribution in [0.4, 0.5) is 0 Å². The molecule has 0 spiro atoms. The number of carbonyl (C=O) groups is 1. The molecule has 0 bridgehead atoms. The van der Waals surface area contributed by atoms with Gasteiger partial charge in [-0.3, -0.25) is 0 Å². The van der Waals surface area contributed by atoms with Crippen molar-refractivity contribution in [2.75, 3.05) is 6.61 Å². The summed E-state index contributed by atoms with van der Waals surface area (Å²) >= 11 is 1.76. The third-order valence-electron chi connectivity index (χ3n) is 4.95. The van der Waals surface area contributed by atoms with Crippen molar-refractivity contribution in [3.05, 3.63) is 26.5 Å². The SMILES string of the molecule is CCOC(=O)C(OC(C)(C)C)c1c(C)sc(C)c1C1=C(C)CCCC1C. The average Bonchev–Trinajstić information content (AvgIpc) is 2.79. The number of aryl methyl sites for hydroxylation is 2. The van der Waals surface area contributed by atoms with Crippen LogP contribution < -0.4 is 0 Å². The van der Waals surface area contributed by atoms with E-state index in [0.717, 1.165) is 16.9 Å². The Morgan fingerprint density at radius 3 is 2.42 bits per heavy atom. The second kappa shape index (κ2) is 8.26. The Hall–Kier alpha value is -1.13. The molecule has 146 valence electrons. The van der Waals surface area contributed by atoms with E-state index in [9.17, 15) is 4.79 Å². The molecule has 0 fully saturated rings. The minimum Gasteiger partial charge on any atom is -0.464 e. The van der Waals surface area contributed by atoms with Gasteiger partial charge >= 0.3 is 5.97 Å². The maximum absolute atomic E-state index is 12.8. The third kappa shape index (κ3) is 4.58. The molecule has 2 rings (SSSR count). The van der Waals surface area contributed by atoms with E-state index in [1.165, 1.54) is 34.4 Å². The van der Waals surface area contributed by atoms with Gasteiger partial charge in [0.2, 0.25) is 0 Å². The number of hydrogen-bond donors (Lipinski definition) is 0. The summed E-state index contributed by atoms with van der Waals surface area (Å²) in [6.45, 7) is 17.0. The van der Waals surface area contributed by atoms with E-state index in [4.69, 9.17) is 9.47 Å². The lowest BCUT2D eigenvalue weighted by atomic mass is 9.79. The number of rotatable bonds is 5. The molecule has 1 aromatic heterocycles. The highest BCUT2D eigenvalue weighted by Gasteiger charge is 2.35. The van der Waals surface area contributed by atoms with Crippen molar-refractivity contribution in [2.24, 2.45) is 5.92 Å². The molecule has 4 heteroatoms. The molecule has 0 saturated carbocycles. The van der Waals surface area contributed by atoms with E-state index >= 15 is 0 Å². The van der Waals surface area contributed by atoms with Gasteiger partial charge in [-0.1, -0.05) is 12.5 Å². The van der Waals surface area contributed by atoms with Crippen molar-refractivity contribution in [1.29, 1.82) is 0 Å². The number of allylic oxidation sites excluding steroid dienone is 2. The van der Waals surface area contributed by atoms with Crippen LogP contribution in [0.3, 0.4) is 0 Å². The summed E-state index contributed by atoms with van der Waals surface area (Å²) in [7, 11) is 0. The van der Waals surface area contributed by atoms with Crippen LogP contribution in [-0.4, -0.2) is 18.2 Å². The topological polar surface area (TPSA) is 35.5 Å². The van der Waals surface area contributed by atoms with Crippen molar-refractivity contribution >= 4 is 22.9 Å². The van der Waals surface area contributed by atoms with Crippen molar-refractivity contribution in [2.45, 2.75) is 86.4 Å².